The van der Waals surface area contributed by atoms with Gasteiger partial charge in [-0.3, -0.25) is 4.79 Å². The Kier molecular flexibility index (Phi) is 6.20. The molecule has 5 heteroatoms. The molecule has 1 aromatic heterocycles. The number of ether oxygens (including phenoxy) is 2. The van der Waals surface area contributed by atoms with Crippen LogP contribution in [-0.4, -0.2) is 29.7 Å². The fourth-order valence-electron chi connectivity index (χ4n) is 4.06. The highest BCUT2D eigenvalue weighted by Crippen LogP contribution is 2.24. The molecule has 0 amide bonds. The number of benzene rings is 2. The molecule has 2 heterocycles. The first-order valence-electron chi connectivity index (χ1n) is 10.6. The van der Waals surface area contributed by atoms with Crippen LogP contribution >= 0.6 is 0 Å². The number of hydrogen-bond donors (Lipinski definition) is 0. The van der Waals surface area contributed by atoms with E-state index in [1.165, 1.54) is 0 Å². The Labute approximate surface area is 182 Å². The molecule has 1 aliphatic heterocycles. The number of Topliss-reactive ketones (excluding diaryl/α,β-unsaturated/α-hetero) is 1. The van der Waals surface area contributed by atoms with Gasteiger partial charge in [0, 0.05) is 30.1 Å². The summed E-state index contributed by atoms with van der Waals surface area (Å²) in [7, 11) is 0. The third-order valence-corrected chi connectivity index (χ3v) is 5.86. The molecule has 1 unspecified atom stereocenters. The lowest BCUT2D eigenvalue weighted by Crippen LogP contribution is -2.18. The van der Waals surface area contributed by atoms with Crippen LogP contribution in [0, 0.1) is 25.2 Å². The number of carbonyl (C=O) groups excluding carboxylic acids is 1. The molecule has 1 atom stereocenters. The first-order valence-corrected chi connectivity index (χ1v) is 10.6. The molecule has 3 aromatic rings. The zero-order chi connectivity index (χ0) is 21.8. The first-order chi connectivity index (χ1) is 15.0. The molecule has 0 N–H and O–H groups in total. The summed E-state index contributed by atoms with van der Waals surface area (Å²) >= 11 is 0. The summed E-state index contributed by atoms with van der Waals surface area (Å²) in [5.74, 6) is 0.627. The van der Waals surface area contributed by atoms with Gasteiger partial charge in [-0.1, -0.05) is 24.3 Å². The minimum atomic E-state index is -0.0251. The summed E-state index contributed by atoms with van der Waals surface area (Å²) < 4.78 is 13.7. The van der Waals surface area contributed by atoms with Crippen molar-refractivity contribution < 1.29 is 14.3 Å². The van der Waals surface area contributed by atoms with E-state index in [0.717, 1.165) is 48.5 Å². The molecule has 4 rings (SSSR count). The van der Waals surface area contributed by atoms with E-state index in [-0.39, 0.29) is 18.5 Å². The Bertz CT molecular complexity index is 1100. The average molecular weight is 415 g/mol. The number of ketones is 1. The Morgan fingerprint density at radius 1 is 1.13 bits per heavy atom. The van der Waals surface area contributed by atoms with Crippen molar-refractivity contribution in [1.29, 1.82) is 5.26 Å². The Balaban J connectivity index is 1.39. The molecular formula is C26H26N2O3. The molecule has 5 nitrogen and oxygen atoms in total. The molecule has 31 heavy (non-hydrogen) atoms. The van der Waals surface area contributed by atoms with Gasteiger partial charge in [0.1, 0.15) is 5.75 Å². The average Bonchev–Trinajstić information content (AvgIpc) is 3.42. The highest BCUT2D eigenvalue weighted by atomic mass is 16.5. The van der Waals surface area contributed by atoms with Crippen LogP contribution in [0.15, 0.2) is 54.6 Å². The van der Waals surface area contributed by atoms with Crippen molar-refractivity contribution in [1.82, 2.24) is 4.57 Å². The maximum atomic E-state index is 12.8. The van der Waals surface area contributed by atoms with Gasteiger partial charge in [-0.15, -0.1) is 0 Å². The summed E-state index contributed by atoms with van der Waals surface area (Å²) in [6.07, 6.45) is 2.41. The minimum Gasteiger partial charge on any atom is -0.485 e. The van der Waals surface area contributed by atoms with Gasteiger partial charge in [-0.05, 0) is 68.1 Å². The molecular weight excluding hydrogens is 388 g/mol. The molecule has 2 aromatic carbocycles. The van der Waals surface area contributed by atoms with Crippen LogP contribution in [0.1, 0.15) is 40.2 Å². The first kappa shape index (κ1) is 20.9. The molecule has 0 aliphatic carbocycles. The van der Waals surface area contributed by atoms with E-state index in [1.807, 2.05) is 56.3 Å². The predicted octanol–water partition coefficient (Wildman–Crippen LogP) is 5.08. The lowest BCUT2D eigenvalue weighted by Gasteiger charge is -2.14. The van der Waals surface area contributed by atoms with Gasteiger partial charge in [-0.2, -0.15) is 5.26 Å². The lowest BCUT2D eigenvalue weighted by atomic mass is 10.0. The van der Waals surface area contributed by atoms with E-state index < -0.39 is 0 Å². The van der Waals surface area contributed by atoms with Crippen molar-refractivity contribution in [2.45, 2.75) is 39.3 Å². The topological polar surface area (TPSA) is 64.2 Å². The third kappa shape index (κ3) is 4.70. The predicted molar refractivity (Wildman–Crippen MR) is 119 cm³/mol. The van der Waals surface area contributed by atoms with Crippen molar-refractivity contribution in [3.8, 4) is 22.9 Å². The summed E-state index contributed by atoms with van der Waals surface area (Å²) in [6, 6.07) is 19.1. The molecule has 0 bridgehead atoms. The van der Waals surface area contributed by atoms with Crippen molar-refractivity contribution in [2.24, 2.45) is 0 Å². The Hall–Kier alpha value is -3.36. The monoisotopic (exact) mass is 414 g/mol. The van der Waals surface area contributed by atoms with Gasteiger partial charge in [0.2, 0.25) is 5.78 Å². The number of hydrogen-bond acceptors (Lipinski definition) is 4. The van der Waals surface area contributed by atoms with E-state index in [4.69, 9.17) is 14.7 Å². The summed E-state index contributed by atoms with van der Waals surface area (Å²) in [5.41, 5.74) is 5.45. The molecule has 0 radical (unpaired) electrons. The number of rotatable bonds is 7. The van der Waals surface area contributed by atoms with E-state index in [1.54, 1.807) is 12.1 Å². The van der Waals surface area contributed by atoms with Crippen LogP contribution in [-0.2, 0) is 11.3 Å². The van der Waals surface area contributed by atoms with Crippen LogP contribution in [0.5, 0.6) is 5.75 Å². The summed E-state index contributed by atoms with van der Waals surface area (Å²) in [5, 5.41) is 8.92. The smallest absolute Gasteiger partial charge is 0.202 e. The quantitative estimate of drug-likeness (QED) is 0.506. The normalized spacial score (nSPS) is 15.6. The van der Waals surface area contributed by atoms with Gasteiger partial charge in [0.25, 0.3) is 0 Å². The number of nitrogens with zero attached hydrogens (tertiary/aromatic N) is 2. The number of nitriles is 1. The SMILES string of the molecule is Cc1cc(C(=O)COc2ccc(-c3ccc(C#N)cc3)cc2)c(C)n1CC1CCCO1. The van der Waals surface area contributed by atoms with E-state index in [9.17, 15) is 4.79 Å². The lowest BCUT2D eigenvalue weighted by molar-refractivity contribution is 0.0914. The van der Waals surface area contributed by atoms with Crippen molar-refractivity contribution in [3.63, 3.8) is 0 Å². The van der Waals surface area contributed by atoms with Crippen molar-refractivity contribution >= 4 is 5.78 Å². The fraction of sp³-hybridized carbons (Fsp3) is 0.308. The zero-order valence-electron chi connectivity index (χ0n) is 17.9. The molecule has 0 spiro atoms. The van der Waals surface area contributed by atoms with Gasteiger partial charge in [-0.25, -0.2) is 0 Å². The number of aryl methyl sites for hydroxylation is 1. The number of carbonyl (C=O) groups is 1. The van der Waals surface area contributed by atoms with Crippen LogP contribution in [0.25, 0.3) is 11.1 Å². The van der Waals surface area contributed by atoms with Crippen LogP contribution in [0.2, 0.25) is 0 Å². The number of aromatic nitrogens is 1. The second kappa shape index (κ2) is 9.20. The van der Waals surface area contributed by atoms with Crippen LogP contribution in [0.4, 0.5) is 0 Å². The van der Waals surface area contributed by atoms with Gasteiger partial charge in [0.15, 0.2) is 6.61 Å². The maximum absolute atomic E-state index is 12.8. The van der Waals surface area contributed by atoms with Gasteiger partial charge in [0.05, 0.1) is 17.7 Å². The standard InChI is InChI=1S/C26H26N2O3/c1-18-14-25(19(2)28(18)16-24-4-3-13-30-24)26(29)17-31-23-11-9-22(10-12-23)21-7-5-20(15-27)6-8-21/h5-12,14,24H,3-4,13,16-17H2,1-2H3. The van der Waals surface area contributed by atoms with Crippen LogP contribution < -0.4 is 4.74 Å². The van der Waals surface area contributed by atoms with E-state index in [2.05, 4.69) is 10.6 Å². The molecule has 1 saturated heterocycles. The minimum absolute atomic E-state index is 0.000432. The van der Waals surface area contributed by atoms with E-state index >= 15 is 0 Å². The van der Waals surface area contributed by atoms with Crippen molar-refractivity contribution in [3.05, 3.63) is 77.1 Å². The van der Waals surface area contributed by atoms with Crippen molar-refractivity contribution in [2.75, 3.05) is 13.2 Å². The molecule has 1 aliphatic rings. The molecule has 158 valence electrons. The third-order valence-electron chi connectivity index (χ3n) is 5.86. The maximum Gasteiger partial charge on any atom is 0.202 e. The zero-order valence-corrected chi connectivity index (χ0v) is 17.9. The fourth-order valence-corrected chi connectivity index (χ4v) is 4.06. The highest BCUT2D eigenvalue weighted by Gasteiger charge is 2.21. The second-order valence-corrected chi connectivity index (χ2v) is 7.96. The summed E-state index contributed by atoms with van der Waals surface area (Å²) in [6.45, 7) is 5.64. The van der Waals surface area contributed by atoms with Crippen LogP contribution in [0.3, 0.4) is 0 Å². The van der Waals surface area contributed by atoms with E-state index in [0.29, 0.717) is 16.9 Å². The Morgan fingerprint density at radius 3 is 2.42 bits per heavy atom. The Morgan fingerprint density at radius 2 is 1.81 bits per heavy atom. The van der Waals surface area contributed by atoms with Gasteiger partial charge < -0.3 is 14.0 Å². The largest absolute Gasteiger partial charge is 0.485 e. The van der Waals surface area contributed by atoms with Gasteiger partial charge >= 0.3 is 0 Å². The molecule has 0 saturated carbocycles. The second-order valence-electron chi connectivity index (χ2n) is 7.96. The summed E-state index contributed by atoms with van der Waals surface area (Å²) in [4.78, 5) is 12.8. The molecule has 1 fully saturated rings. The highest BCUT2D eigenvalue weighted by molar-refractivity contribution is 5.98.